The predicted molar refractivity (Wildman–Crippen MR) is 252 cm³/mol. The summed E-state index contributed by atoms with van der Waals surface area (Å²) in [7, 11) is 0. The molecule has 3 aromatic carbocycles. The average molecular weight is 903 g/mol. The summed E-state index contributed by atoms with van der Waals surface area (Å²) < 4.78 is 2.00. The van der Waals surface area contributed by atoms with E-state index in [0.717, 1.165) is 99.0 Å². The molecule has 8 heteroatoms. The van der Waals surface area contributed by atoms with Gasteiger partial charge < -0.3 is 0 Å². The van der Waals surface area contributed by atoms with Crippen molar-refractivity contribution in [1.29, 1.82) is 0 Å². The Morgan fingerprint density at radius 3 is 0.900 bits per heavy atom. The zero-order valence-corrected chi connectivity index (χ0v) is 35.2. The van der Waals surface area contributed by atoms with Crippen LogP contribution < -0.4 is 0 Å². The molecule has 0 radical (unpaired) electrons. The molecule has 6 heterocycles. The third-order valence-corrected chi connectivity index (χ3v) is 11.2. The Morgan fingerprint density at radius 1 is 0.300 bits per heavy atom. The van der Waals surface area contributed by atoms with Crippen LogP contribution in [-0.4, -0.2) is 29.9 Å². The lowest BCUT2D eigenvalue weighted by Crippen LogP contribution is -1.93. The van der Waals surface area contributed by atoms with Crippen LogP contribution in [0.5, 0.6) is 0 Å². The Hall–Kier alpha value is -7.00. The molecule has 0 atom stereocenters. The van der Waals surface area contributed by atoms with Crippen molar-refractivity contribution in [3.63, 3.8) is 0 Å². The fourth-order valence-electron chi connectivity index (χ4n) is 6.75. The van der Waals surface area contributed by atoms with Gasteiger partial charge in [-0.15, -0.1) is 0 Å². The van der Waals surface area contributed by atoms with Gasteiger partial charge in [0.15, 0.2) is 0 Å². The van der Waals surface area contributed by atoms with Crippen molar-refractivity contribution < 1.29 is 0 Å². The van der Waals surface area contributed by atoms with Crippen LogP contribution in [0, 0.1) is 0 Å². The molecule has 0 saturated carbocycles. The van der Waals surface area contributed by atoms with Crippen LogP contribution in [0.2, 0.25) is 0 Å². The molecule has 0 unspecified atom stereocenters. The SMILES string of the molecule is Brc1cc(/C=C/c2ccc(-c3cc(-c4ccccn4)nc(-c4ccccn4)c3)cc2)c(Br)cc1/C=C/c1ccc(-c2cc(-c3ccccn3)nc(-c3ccccn3)c2)cc1. The topological polar surface area (TPSA) is 77.3 Å². The van der Waals surface area contributed by atoms with Gasteiger partial charge in [0.2, 0.25) is 0 Å². The van der Waals surface area contributed by atoms with Crippen LogP contribution in [-0.2, 0) is 0 Å². The maximum Gasteiger partial charge on any atom is 0.0900 e. The lowest BCUT2D eigenvalue weighted by Gasteiger charge is -2.10. The van der Waals surface area contributed by atoms with Crippen molar-refractivity contribution in [1.82, 2.24) is 29.9 Å². The first-order valence-electron chi connectivity index (χ1n) is 19.3. The fraction of sp³-hybridized carbons (Fsp3) is 0. The molecule has 0 bridgehead atoms. The third-order valence-electron chi connectivity index (χ3n) is 9.87. The van der Waals surface area contributed by atoms with Crippen LogP contribution in [0.15, 0.2) is 191 Å². The molecule has 6 nitrogen and oxygen atoms in total. The van der Waals surface area contributed by atoms with E-state index in [2.05, 4.69) is 161 Å². The number of rotatable bonds is 10. The van der Waals surface area contributed by atoms with Crippen LogP contribution >= 0.6 is 31.9 Å². The fourth-order valence-corrected chi connectivity index (χ4v) is 7.74. The van der Waals surface area contributed by atoms with Crippen LogP contribution in [0.25, 0.3) is 92.1 Å². The van der Waals surface area contributed by atoms with E-state index in [9.17, 15) is 0 Å². The molecule has 286 valence electrons. The lowest BCUT2D eigenvalue weighted by molar-refractivity contribution is 1.22. The van der Waals surface area contributed by atoms with Gasteiger partial charge in [-0.1, -0.05) is 129 Å². The van der Waals surface area contributed by atoms with Crippen molar-refractivity contribution in [3.8, 4) is 67.8 Å². The Kier molecular flexibility index (Phi) is 11.5. The summed E-state index contributed by atoms with van der Waals surface area (Å²) >= 11 is 7.64. The molecule has 0 aliphatic carbocycles. The van der Waals surface area contributed by atoms with Crippen molar-refractivity contribution in [2.24, 2.45) is 0 Å². The molecule has 6 aromatic heterocycles. The summed E-state index contributed by atoms with van der Waals surface area (Å²) in [5.74, 6) is 0. The predicted octanol–water partition coefficient (Wildman–Crippen LogP) is 13.9. The smallest absolute Gasteiger partial charge is 0.0900 e. The quantitative estimate of drug-likeness (QED) is 0.127. The first kappa shape index (κ1) is 38.5. The van der Waals surface area contributed by atoms with Gasteiger partial charge in [0.1, 0.15) is 0 Å². The zero-order chi connectivity index (χ0) is 40.7. The summed E-state index contributed by atoms with van der Waals surface area (Å²) in [6, 6.07) is 53.1. The molecular formula is C52H34Br2N6. The van der Waals surface area contributed by atoms with Gasteiger partial charge in [-0.3, -0.25) is 19.9 Å². The first-order valence-corrected chi connectivity index (χ1v) is 20.9. The number of nitrogens with zero attached hydrogens (tertiary/aromatic N) is 6. The highest BCUT2D eigenvalue weighted by Gasteiger charge is 2.12. The van der Waals surface area contributed by atoms with E-state index in [1.807, 2.05) is 72.8 Å². The van der Waals surface area contributed by atoms with Crippen molar-refractivity contribution >= 4 is 56.2 Å². The maximum atomic E-state index is 4.91. The van der Waals surface area contributed by atoms with Crippen LogP contribution in [0.3, 0.4) is 0 Å². The zero-order valence-electron chi connectivity index (χ0n) is 32.1. The summed E-state index contributed by atoms with van der Waals surface area (Å²) in [5.41, 5.74) is 15.0. The van der Waals surface area contributed by atoms with E-state index in [0.29, 0.717) is 0 Å². The van der Waals surface area contributed by atoms with E-state index in [1.54, 1.807) is 24.8 Å². The second-order valence-electron chi connectivity index (χ2n) is 13.9. The second-order valence-corrected chi connectivity index (χ2v) is 15.6. The number of halogens is 2. The molecule has 0 amide bonds. The monoisotopic (exact) mass is 900 g/mol. The van der Waals surface area contributed by atoms with Crippen LogP contribution in [0.4, 0.5) is 0 Å². The Labute approximate surface area is 365 Å². The third kappa shape index (κ3) is 9.00. The highest BCUT2D eigenvalue weighted by Crippen LogP contribution is 2.33. The highest BCUT2D eigenvalue weighted by molar-refractivity contribution is 9.11. The Morgan fingerprint density at radius 2 is 0.617 bits per heavy atom. The molecule has 0 spiro atoms. The summed E-state index contributed by atoms with van der Waals surface area (Å²) in [6.45, 7) is 0. The molecule has 0 fully saturated rings. The minimum absolute atomic E-state index is 0.803. The number of hydrogen-bond donors (Lipinski definition) is 0. The van der Waals surface area contributed by atoms with Crippen LogP contribution in [0.1, 0.15) is 22.3 Å². The number of hydrogen-bond acceptors (Lipinski definition) is 6. The van der Waals surface area contributed by atoms with Crippen molar-refractivity contribution in [2.75, 3.05) is 0 Å². The van der Waals surface area contributed by atoms with E-state index in [1.165, 1.54) is 0 Å². The minimum atomic E-state index is 0.803. The van der Waals surface area contributed by atoms with Crippen molar-refractivity contribution in [3.05, 3.63) is 214 Å². The standard InChI is InChI=1S/C52H34Br2N6/c53-43-30-40(24-18-36-15-21-38(22-16-36)42-33-51(47-11-3-7-27-57-47)60-52(34-42)48-12-4-8-28-58-48)44(54)29-39(43)23-17-35-13-19-37(20-14-35)41-31-49(45-9-1-5-25-55-45)59-50(32-41)46-10-2-6-26-56-46/h1-34H/b23-17+,24-18+. The number of aromatic nitrogens is 6. The van der Waals surface area contributed by atoms with Crippen molar-refractivity contribution in [2.45, 2.75) is 0 Å². The average Bonchev–Trinajstić information content (AvgIpc) is 3.32. The van der Waals surface area contributed by atoms with Gasteiger partial charge in [-0.25, -0.2) is 9.97 Å². The summed E-state index contributed by atoms with van der Waals surface area (Å²) in [4.78, 5) is 28.0. The summed E-state index contributed by atoms with van der Waals surface area (Å²) in [5, 5.41) is 0. The molecule has 9 aromatic rings. The molecule has 0 aliphatic heterocycles. The maximum absolute atomic E-state index is 4.91. The molecular weight excluding hydrogens is 868 g/mol. The first-order chi connectivity index (χ1) is 29.5. The normalized spacial score (nSPS) is 11.4. The van der Waals surface area contributed by atoms with E-state index in [-0.39, 0.29) is 0 Å². The molecule has 0 N–H and O–H groups in total. The number of benzene rings is 3. The second kappa shape index (κ2) is 17.9. The number of pyridine rings is 6. The van der Waals surface area contributed by atoms with E-state index < -0.39 is 0 Å². The van der Waals surface area contributed by atoms with E-state index in [4.69, 9.17) is 9.97 Å². The van der Waals surface area contributed by atoms with Gasteiger partial charge in [0, 0.05) is 33.7 Å². The van der Waals surface area contributed by atoms with Gasteiger partial charge in [-0.2, -0.15) is 0 Å². The summed E-state index contributed by atoms with van der Waals surface area (Å²) in [6.07, 6.45) is 15.6. The largest absolute Gasteiger partial charge is 0.255 e. The van der Waals surface area contributed by atoms with E-state index >= 15 is 0 Å². The molecule has 0 saturated heterocycles. The molecule has 9 rings (SSSR count). The molecule has 0 aliphatic rings. The molecule has 60 heavy (non-hydrogen) atoms. The minimum Gasteiger partial charge on any atom is -0.255 e. The van der Waals surface area contributed by atoms with Gasteiger partial charge in [0.25, 0.3) is 0 Å². The van der Waals surface area contributed by atoms with Gasteiger partial charge in [-0.05, 0) is 129 Å². The Bertz CT molecular complexity index is 2640. The van der Waals surface area contributed by atoms with Gasteiger partial charge in [0.05, 0.1) is 45.6 Å². The lowest BCUT2D eigenvalue weighted by atomic mass is 10.0. The van der Waals surface area contributed by atoms with Gasteiger partial charge >= 0.3 is 0 Å². The Balaban J connectivity index is 0.911. The highest BCUT2D eigenvalue weighted by atomic mass is 79.9.